The Morgan fingerprint density at radius 2 is 1.78 bits per heavy atom. The second-order valence-corrected chi connectivity index (χ2v) is 4.05. The summed E-state index contributed by atoms with van der Waals surface area (Å²) in [6.45, 7) is 4.03. The molecule has 1 N–H and O–H groups in total. The van der Waals surface area contributed by atoms with Gasteiger partial charge in [0.2, 0.25) is 0 Å². The van der Waals surface area contributed by atoms with E-state index >= 15 is 0 Å². The van der Waals surface area contributed by atoms with Crippen molar-refractivity contribution in [2.45, 2.75) is 32.5 Å². The van der Waals surface area contributed by atoms with E-state index in [0.29, 0.717) is 0 Å². The van der Waals surface area contributed by atoms with Gasteiger partial charge in [-0.1, -0.05) is 19.1 Å². The third-order valence-electron chi connectivity index (χ3n) is 2.40. The SMILES string of the molecule is CCCNCCCc1ccc(OC(F)(F)F)cc1. The standard InChI is InChI=1S/C13H18F3NO/c1-2-9-17-10-3-4-11-5-7-12(8-6-11)18-13(14,15)16/h5-8,17H,2-4,9-10H2,1H3. The summed E-state index contributed by atoms with van der Waals surface area (Å²) in [5, 5.41) is 3.27. The highest BCUT2D eigenvalue weighted by atomic mass is 19.4. The molecule has 1 aromatic rings. The molecular weight excluding hydrogens is 243 g/mol. The zero-order valence-corrected chi connectivity index (χ0v) is 10.4. The highest BCUT2D eigenvalue weighted by molar-refractivity contribution is 5.27. The van der Waals surface area contributed by atoms with Gasteiger partial charge in [-0.2, -0.15) is 0 Å². The Kier molecular flexibility index (Phi) is 5.98. The molecule has 18 heavy (non-hydrogen) atoms. The summed E-state index contributed by atoms with van der Waals surface area (Å²) in [5.74, 6) is -0.171. The first-order valence-corrected chi connectivity index (χ1v) is 6.06. The first-order valence-electron chi connectivity index (χ1n) is 6.06. The number of aryl methyl sites for hydroxylation is 1. The molecule has 0 aromatic heterocycles. The van der Waals surface area contributed by atoms with Crippen molar-refractivity contribution in [2.75, 3.05) is 13.1 Å². The summed E-state index contributed by atoms with van der Waals surface area (Å²) < 4.78 is 39.6. The van der Waals surface area contributed by atoms with Crippen LogP contribution in [0.2, 0.25) is 0 Å². The van der Waals surface area contributed by atoms with E-state index in [0.717, 1.165) is 37.9 Å². The highest BCUT2D eigenvalue weighted by Crippen LogP contribution is 2.22. The van der Waals surface area contributed by atoms with Crippen LogP contribution in [0.25, 0.3) is 0 Å². The van der Waals surface area contributed by atoms with Crippen LogP contribution in [-0.2, 0) is 6.42 Å². The molecule has 0 fully saturated rings. The molecule has 0 unspecified atom stereocenters. The Bertz CT molecular complexity index is 335. The van der Waals surface area contributed by atoms with Crippen molar-refractivity contribution < 1.29 is 17.9 Å². The van der Waals surface area contributed by atoms with Gasteiger partial charge < -0.3 is 10.1 Å². The number of alkyl halides is 3. The lowest BCUT2D eigenvalue weighted by atomic mass is 10.1. The van der Waals surface area contributed by atoms with Crippen molar-refractivity contribution >= 4 is 0 Å². The molecular formula is C13H18F3NO. The predicted octanol–water partition coefficient (Wildman–Crippen LogP) is 3.52. The third-order valence-corrected chi connectivity index (χ3v) is 2.40. The van der Waals surface area contributed by atoms with Gasteiger partial charge in [-0.15, -0.1) is 13.2 Å². The Morgan fingerprint density at radius 1 is 1.11 bits per heavy atom. The van der Waals surface area contributed by atoms with Crippen molar-refractivity contribution in [3.8, 4) is 5.75 Å². The minimum absolute atomic E-state index is 0.171. The molecule has 0 heterocycles. The highest BCUT2D eigenvalue weighted by Gasteiger charge is 2.30. The van der Waals surface area contributed by atoms with Crippen LogP contribution in [0.15, 0.2) is 24.3 Å². The summed E-state index contributed by atoms with van der Waals surface area (Å²) in [5.41, 5.74) is 1.02. The average Bonchev–Trinajstić information content (AvgIpc) is 2.29. The first-order chi connectivity index (χ1) is 8.51. The molecule has 0 amide bonds. The van der Waals surface area contributed by atoms with E-state index < -0.39 is 6.36 Å². The fraction of sp³-hybridized carbons (Fsp3) is 0.538. The van der Waals surface area contributed by atoms with Gasteiger partial charge in [-0.05, 0) is 50.0 Å². The summed E-state index contributed by atoms with van der Waals surface area (Å²) in [6.07, 6.45) is -1.70. The van der Waals surface area contributed by atoms with Gasteiger partial charge in [0.25, 0.3) is 0 Å². The lowest BCUT2D eigenvalue weighted by Crippen LogP contribution is -2.17. The monoisotopic (exact) mass is 261 g/mol. The Morgan fingerprint density at radius 3 is 2.33 bits per heavy atom. The molecule has 5 heteroatoms. The molecule has 0 aliphatic carbocycles. The van der Waals surface area contributed by atoms with Gasteiger partial charge in [0.05, 0.1) is 0 Å². The van der Waals surface area contributed by atoms with E-state index in [1.165, 1.54) is 12.1 Å². The summed E-state index contributed by atoms with van der Waals surface area (Å²) in [7, 11) is 0. The minimum atomic E-state index is -4.62. The number of rotatable bonds is 7. The number of nitrogens with one attached hydrogen (secondary N) is 1. The maximum Gasteiger partial charge on any atom is 0.573 e. The van der Waals surface area contributed by atoms with Crippen LogP contribution in [0.4, 0.5) is 13.2 Å². The number of ether oxygens (including phenoxy) is 1. The molecule has 2 nitrogen and oxygen atoms in total. The largest absolute Gasteiger partial charge is 0.573 e. The van der Waals surface area contributed by atoms with Crippen LogP contribution in [-0.4, -0.2) is 19.5 Å². The molecule has 0 aliphatic rings. The normalized spacial score (nSPS) is 11.6. The topological polar surface area (TPSA) is 21.3 Å². The van der Waals surface area contributed by atoms with E-state index in [-0.39, 0.29) is 5.75 Å². The van der Waals surface area contributed by atoms with Crippen molar-refractivity contribution in [3.63, 3.8) is 0 Å². The van der Waals surface area contributed by atoms with E-state index in [1.807, 2.05) is 0 Å². The van der Waals surface area contributed by atoms with Crippen LogP contribution >= 0.6 is 0 Å². The summed E-state index contributed by atoms with van der Waals surface area (Å²) >= 11 is 0. The van der Waals surface area contributed by atoms with Gasteiger partial charge in [0, 0.05) is 0 Å². The Labute approximate surface area is 105 Å². The van der Waals surface area contributed by atoms with E-state index in [1.54, 1.807) is 12.1 Å². The zero-order chi connectivity index (χ0) is 13.4. The van der Waals surface area contributed by atoms with Crippen LogP contribution < -0.4 is 10.1 Å². The lowest BCUT2D eigenvalue weighted by molar-refractivity contribution is -0.274. The second-order valence-electron chi connectivity index (χ2n) is 4.05. The van der Waals surface area contributed by atoms with Crippen LogP contribution in [0, 0.1) is 0 Å². The summed E-state index contributed by atoms with van der Waals surface area (Å²) in [6, 6.07) is 6.03. The predicted molar refractivity (Wildman–Crippen MR) is 64.6 cm³/mol. The Balaban J connectivity index is 2.32. The smallest absolute Gasteiger partial charge is 0.406 e. The molecule has 0 radical (unpaired) electrons. The molecule has 0 aliphatic heterocycles. The van der Waals surface area contributed by atoms with E-state index in [2.05, 4.69) is 17.0 Å². The number of halogens is 3. The average molecular weight is 261 g/mol. The fourth-order valence-electron chi connectivity index (χ4n) is 1.58. The summed E-state index contributed by atoms with van der Waals surface area (Å²) in [4.78, 5) is 0. The molecule has 0 saturated carbocycles. The van der Waals surface area contributed by atoms with Gasteiger partial charge in [0.1, 0.15) is 5.75 Å². The zero-order valence-electron chi connectivity index (χ0n) is 10.4. The van der Waals surface area contributed by atoms with Gasteiger partial charge in [-0.3, -0.25) is 0 Å². The lowest BCUT2D eigenvalue weighted by Gasteiger charge is -2.09. The quantitative estimate of drug-likeness (QED) is 0.758. The fourth-order valence-corrected chi connectivity index (χ4v) is 1.58. The minimum Gasteiger partial charge on any atom is -0.406 e. The van der Waals surface area contributed by atoms with E-state index in [9.17, 15) is 13.2 Å². The van der Waals surface area contributed by atoms with E-state index in [4.69, 9.17) is 0 Å². The molecule has 0 spiro atoms. The van der Waals surface area contributed by atoms with Crippen LogP contribution in [0.3, 0.4) is 0 Å². The molecule has 0 atom stereocenters. The van der Waals surface area contributed by atoms with Crippen LogP contribution in [0.1, 0.15) is 25.3 Å². The van der Waals surface area contributed by atoms with Crippen LogP contribution in [0.5, 0.6) is 5.75 Å². The molecule has 102 valence electrons. The first kappa shape index (κ1) is 14.8. The molecule has 1 rings (SSSR count). The number of hydrogen-bond donors (Lipinski definition) is 1. The van der Waals surface area contributed by atoms with Crippen molar-refractivity contribution in [2.24, 2.45) is 0 Å². The Hall–Kier alpha value is -1.23. The number of benzene rings is 1. The van der Waals surface area contributed by atoms with Gasteiger partial charge in [0.15, 0.2) is 0 Å². The molecule has 1 aromatic carbocycles. The number of hydrogen-bond acceptors (Lipinski definition) is 2. The van der Waals surface area contributed by atoms with Gasteiger partial charge >= 0.3 is 6.36 Å². The van der Waals surface area contributed by atoms with Crippen molar-refractivity contribution in [1.82, 2.24) is 5.32 Å². The van der Waals surface area contributed by atoms with Crippen molar-refractivity contribution in [3.05, 3.63) is 29.8 Å². The molecule has 0 saturated heterocycles. The maximum absolute atomic E-state index is 11.9. The third kappa shape index (κ3) is 6.49. The van der Waals surface area contributed by atoms with Crippen molar-refractivity contribution in [1.29, 1.82) is 0 Å². The maximum atomic E-state index is 11.9. The second kappa shape index (κ2) is 7.26. The van der Waals surface area contributed by atoms with Gasteiger partial charge in [-0.25, -0.2) is 0 Å². The molecule has 0 bridgehead atoms.